The van der Waals surface area contributed by atoms with Crippen molar-refractivity contribution in [1.29, 1.82) is 0 Å². The molecule has 0 aliphatic rings. The lowest BCUT2D eigenvalue weighted by molar-refractivity contribution is 0.104. The van der Waals surface area contributed by atoms with Crippen molar-refractivity contribution in [3.63, 3.8) is 0 Å². The molecule has 0 spiro atoms. The van der Waals surface area contributed by atoms with Crippen molar-refractivity contribution >= 4 is 27.8 Å². The van der Waals surface area contributed by atoms with Crippen molar-refractivity contribution < 1.29 is 9.53 Å². The second kappa shape index (κ2) is 6.05. The first-order valence-electron chi connectivity index (χ1n) is 6.07. The summed E-state index contributed by atoms with van der Waals surface area (Å²) in [5.41, 5.74) is 2.18. The van der Waals surface area contributed by atoms with Crippen LogP contribution < -0.4 is 4.74 Å². The molecular formula is C15H15BrN2O2. The van der Waals surface area contributed by atoms with E-state index in [9.17, 15) is 4.79 Å². The Morgan fingerprint density at radius 1 is 1.45 bits per heavy atom. The SMILES string of the molecule is COc1ccc(Br)cc1/C=C/C(=O)c1cn(C)nc1C. The summed E-state index contributed by atoms with van der Waals surface area (Å²) in [5, 5.41) is 4.16. The summed E-state index contributed by atoms with van der Waals surface area (Å²) in [6.07, 6.45) is 5.01. The van der Waals surface area contributed by atoms with Gasteiger partial charge in [0.25, 0.3) is 0 Å². The third kappa shape index (κ3) is 3.17. The molecule has 0 saturated heterocycles. The van der Waals surface area contributed by atoms with Crippen molar-refractivity contribution in [2.75, 3.05) is 7.11 Å². The van der Waals surface area contributed by atoms with E-state index < -0.39 is 0 Å². The van der Waals surface area contributed by atoms with Crippen LogP contribution in [0.2, 0.25) is 0 Å². The highest BCUT2D eigenvalue weighted by atomic mass is 79.9. The van der Waals surface area contributed by atoms with Crippen LogP contribution in [0.3, 0.4) is 0 Å². The normalized spacial score (nSPS) is 11.0. The second-order valence-electron chi connectivity index (χ2n) is 4.39. The molecule has 1 aromatic carbocycles. The molecule has 0 aliphatic heterocycles. The highest BCUT2D eigenvalue weighted by molar-refractivity contribution is 9.10. The smallest absolute Gasteiger partial charge is 0.189 e. The number of ketones is 1. The van der Waals surface area contributed by atoms with Gasteiger partial charge in [0.1, 0.15) is 5.75 Å². The molecule has 2 rings (SSSR count). The number of aryl methyl sites for hydroxylation is 2. The van der Waals surface area contributed by atoms with Gasteiger partial charge in [0, 0.05) is 23.3 Å². The van der Waals surface area contributed by atoms with E-state index in [2.05, 4.69) is 21.0 Å². The van der Waals surface area contributed by atoms with E-state index in [0.29, 0.717) is 5.56 Å². The van der Waals surface area contributed by atoms with E-state index in [1.165, 1.54) is 6.08 Å². The predicted octanol–water partition coefficient (Wildman–Crippen LogP) is 3.40. The van der Waals surface area contributed by atoms with E-state index in [1.54, 1.807) is 31.1 Å². The molecular weight excluding hydrogens is 320 g/mol. The molecule has 0 aliphatic carbocycles. The van der Waals surface area contributed by atoms with E-state index in [4.69, 9.17) is 4.74 Å². The number of aromatic nitrogens is 2. The van der Waals surface area contributed by atoms with E-state index >= 15 is 0 Å². The van der Waals surface area contributed by atoms with Crippen LogP contribution in [0.5, 0.6) is 5.75 Å². The van der Waals surface area contributed by atoms with Gasteiger partial charge in [-0.05, 0) is 37.3 Å². The highest BCUT2D eigenvalue weighted by Crippen LogP contribution is 2.24. The van der Waals surface area contributed by atoms with Gasteiger partial charge in [-0.3, -0.25) is 9.48 Å². The zero-order valence-corrected chi connectivity index (χ0v) is 13.1. The van der Waals surface area contributed by atoms with Gasteiger partial charge in [-0.25, -0.2) is 0 Å². The Balaban J connectivity index is 2.27. The van der Waals surface area contributed by atoms with Gasteiger partial charge < -0.3 is 4.74 Å². The average Bonchev–Trinajstić information content (AvgIpc) is 2.75. The number of allylic oxidation sites excluding steroid dienone is 1. The van der Waals surface area contributed by atoms with Crippen LogP contribution in [-0.4, -0.2) is 22.7 Å². The van der Waals surface area contributed by atoms with Crippen molar-refractivity contribution in [1.82, 2.24) is 9.78 Å². The first kappa shape index (κ1) is 14.5. The van der Waals surface area contributed by atoms with Gasteiger partial charge in [-0.15, -0.1) is 0 Å². The Morgan fingerprint density at radius 2 is 2.20 bits per heavy atom. The molecule has 0 fully saturated rings. The number of hydrogen-bond donors (Lipinski definition) is 0. The number of methoxy groups -OCH3 is 1. The van der Waals surface area contributed by atoms with E-state index in [0.717, 1.165) is 21.5 Å². The number of carbonyl (C=O) groups excluding carboxylic acids is 1. The minimum Gasteiger partial charge on any atom is -0.496 e. The Morgan fingerprint density at radius 3 is 2.80 bits per heavy atom. The highest BCUT2D eigenvalue weighted by Gasteiger charge is 2.09. The minimum absolute atomic E-state index is 0.0716. The van der Waals surface area contributed by atoms with Crippen molar-refractivity contribution in [3.8, 4) is 5.75 Å². The molecule has 20 heavy (non-hydrogen) atoms. The van der Waals surface area contributed by atoms with Crippen LogP contribution in [0.15, 0.2) is 34.9 Å². The third-order valence-corrected chi connectivity index (χ3v) is 3.38. The van der Waals surface area contributed by atoms with Crippen LogP contribution in [0.4, 0.5) is 0 Å². The minimum atomic E-state index is -0.0716. The molecule has 0 radical (unpaired) electrons. The zero-order chi connectivity index (χ0) is 14.7. The predicted molar refractivity (Wildman–Crippen MR) is 82.0 cm³/mol. The first-order chi connectivity index (χ1) is 9.51. The number of ether oxygens (including phenoxy) is 1. The van der Waals surface area contributed by atoms with Gasteiger partial charge >= 0.3 is 0 Å². The summed E-state index contributed by atoms with van der Waals surface area (Å²) in [6.45, 7) is 1.82. The van der Waals surface area contributed by atoms with Gasteiger partial charge in [0.05, 0.1) is 18.4 Å². The molecule has 0 saturated carbocycles. The summed E-state index contributed by atoms with van der Waals surface area (Å²) in [5.74, 6) is 0.651. The molecule has 0 N–H and O–H groups in total. The van der Waals surface area contributed by atoms with E-state index in [-0.39, 0.29) is 5.78 Å². The number of rotatable bonds is 4. The molecule has 0 atom stereocenters. The lowest BCUT2D eigenvalue weighted by Gasteiger charge is -2.04. The molecule has 5 heteroatoms. The maximum absolute atomic E-state index is 12.1. The van der Waals surface area contributed by atoms with Crippen LogP contribution in [0.25, 0.3) is 6.08 Å². The van der Waals surface area contributed by atoms with Crippen LogP contribution >= 0.6 is 15.9 Å². The molecule has 0 bridgehead atoms. The summed E-state index contributed by atoms with van der Waals surface area (Å²) < 4.78 is 7.83. The maximum atomic E-state index is 12.1. The van der Waals surface area contributed by atoms with Crippen LogP contribution in [-0.2, 0) is 7.05 Å². The first-order valence-corrected chi connectivity index (χ1v) is 6.86. The summed E-state index contributed by atoms with van der Waals surface area (Å²) in [6, 6.07) is 5.64. The fourth-order valence-electron chi connectivity index (χ4n) is 1.93. The van der Waals surface area contributed by atoms with Crippen molar-refractivity contribution in [2.45, 2.75) is 6.92 Å². The largest absolute Gasteiger partial charge is 0.496 e. The van der Waals surface area contributed by atoms with E-state index in [1.807, 2.05) is 25.1 Å². The lowest BCUT2D eigenvalue weighted by atomic mass is 10.1. The van der Waals surface area contributed by atoms with Gasteiger partial charge in [-0.1, -0.05) is 15.9 Å². The molecule has 1 heterocycles. The Labute approximate surface area is 126 Å². The van der Waals surface area contributed by atoms with Gasteiger partial charge in [0.15, 0.2) is 5.78 Å². The fraction of sp³-hybridized carbons (Fsp3) is 0.200. The molecule has 104 valence electrons. The lowest BCUT2D eigenvalue weighted by Crippen LogP contribution is -1.95. The molecule has 2 aromatic rings. The number of nitrogens with zero attached hydrogens (tertiary/aromatic N) is 2. The summed E-state index contributed by atoms with van der Waals surface area (Å²) >= 11 is 3.40. The summed E-state index contributed by atoms with van der Waals surface area (Å²) in [7, 11) is 3.40. The van der Waals surface area contributed by atoms with Crippen molar-refractivity contribution in [3.05, 3.63) is 51.8 Å². The summed E-state index contributed by atoms with van der Waals surface area (Å²) in [4.78, 5) is 12.1. The quantitative estimate of drug-likeness (QED) is 0.635. The monoisotopic (exact) mass is 334 g/mol. The van der Waals surface area contributed by atoms with Gasteiger partial charge in [0.2, 0.25) is 0 Å². The number of benzene rings is 1. The molecule has 4 nitrogen and oxygen atoms in total. The topological polar surface area (TPSA) is 44.1 Å². The Bertz CT molecular complexity index is 675. The second-order valence-corrected chi connectivity index (χ2v) is 5.30. The fourth-order valence-corrected chi connectivity index (χ4v) is 2.31. The standard InChI is InChI=1S/C15H15BrN2O2/c1-10-13(9-18(2)17-10)14(19)6-4-11-8-12(16)5-7-15(11)20-3/h4-9H,1-3H3/b6-4+. The van der Waals surface area contributed by atoms with Gasteiger partial charge in [-0.2, -0.15) is 5.10 Å². The molecule has 1 aromatic heterocycles. The number of halogens is 1. The Kier molecular flexibility index (Phi) is 4.39. The number of hydrogen-bond acceptors (Lipinski definition) is 3. The third-order valence-electron chi connectivity index (χ3n) is 2.88. The average molecular weight is 335 g/mol. The zero-order valence-electron chi connectivity index (χ0n) is 11.6. The van der Waals surface area contributed by atoms with Crippen LogP contribution in [0, 0.1) is 6.92 Å². The van der Waals surface area contributed by atoms with Crippen molar-refractivity contribution in [2.24, 2.45) is 7.05 Å². The Hall–Kier alpha value is -1.88. The molecule has 0 unspecified atom stereocenters. The number of carbonyl (C=O) groups is 1. The van der Waals surface area contributed by atoms with Crippen LogP contribution in [0.1, 0.15) is 21.6 Å². The molecule has 0 amide bonds. The maximum Gasteiger partial charge on any atom is 0.189 e.